The highest BCUT2D eigenvalue weighted by Crippen LogP contribution is 2.49. The molecule has 10 aromatic rings. The van der Waals surface area contributed by atoms with Gasteiger partial charge in [0.05, 0.1) is 22.1 Å². The van der Waals surface area contributed by atoms with Gasteiger partial charge in [-0.15, -0.1) is 0 Å². The zero-order valence-electron chi connectivity index (χ0n) is 29.3. The van der Waals surface area contributed by atoms with Gasteiger partial charge in [0, 0.05) is 32.5 Å². The highest BCUT2D eigenvalue weighted by molar-refractivity contribution is 6.10. The van der Waals surface area contributed by atoms with E-state index in [1.807, 2.05) is 0 Å². The second-order valence-corrected chi connectivity index (χ2v) is 14.5. The van der Waals surface area contributed by atoms with Crippen molar-refractivity contribution >= 4 is 43.6 Å². The summed E-state index contributed by atoms with van der Waals surface area (Å²) >= 11 is 0. The third-order valence-electron chi connectivity index (χ3n) is 11.2. The molecule has 0 aliphatic heterocycles. The van der Waals surface area contributed by atoms with E-state index in [1.165, 1.54) is 27.8 Å². The molecule has 11 rings (SSSR count). The molecule has 0 saturated carbocycles. The van der Waals surface area contributed by atoms with E-state index in [0.717, 1.165) is 54.7 Å². The molecule has 0 unspecified atom stereocenters. The second-order valence-electron chi connectivity index (χ2n) is 14.5. The van der Waals surface area contributed by atoms with Crippen molar-refractivity contribution < 1.29 is 0 Å². The van der Waals surface area contributed by atoms with E-state index in [2.05, 4.69) is 187 Å². The van der Waals surface area contributed by atoms with Crippen LogP contribution in [0, 0.1) is 0 Å². The quantitative estimate of drug-likeness (QED) is 0.186. The lowest BCUT2D eigenvalue weighted by atomic mass is 9.81. The Morgan fingerprint density at radius 2 is 0.830 bits per heavy atom. The molecule has 250 valence electrons. The molecule has 3 heterocycles. The molecular formula is C48H33N5. The van der Waals surface area contributed by atoms with Crippen LogP contribution in [0.1, 0.15) is 25.0 Å². The van der Waals surface area contributed by atoms with Crippen molar-refractivity contribution in [2.45, 2.75) is 19.3 Å². The Kier molecular flexibility index (Phi) is 6.23. The smallest absolute Gasteiger partial charge is 0.240 e. The maximum Gasteiger partial charge on any atom is 0.240 e. The summed E-state index contributed by atoms with van der Waals surface area (Å²) < 4.78 is 4.36. The average molecular weight is 680 g/mol. The van der Waals surface area contributed by atoms with E-state index >= 15 is 0 Å². The maximum atomic E-state index is 5.30. The van der Waals surface area contributed by atoms with Crippen LogP contribution in [0.2, 0.25) is 0 Å². The molecule has 0 bridgehead atoms. The lowest BCUT2D eigenvalue weighted by Gasteiger charge is -2.22. The van der Waals surface area contributed by atoms with Gasteiger partial charge in [-0.1, -0.05) is 141 Å². The number of benzene rings is 7. The van der Waals surface area contributed by atoms with Gasteiger partial charge in [-0.25, -0.2) is 0 Å². The Balaban J connectivity index is 1.15. The fourth-order valence-electron chi connectivity index (χ4n) is 8.68. The van der Waals surface area contributed by atoms with Gasteiger partial charge in [0.1, 0.15) is 0 Å². The molecule has 3 aromatic heterocycles. The van der Waals surface area contributed by atoms with Crippen molar-refractivity contribution in [2.75, 3.05) is 0 Å². The average Bonchev–Trinajstić information content (AvgIpc) is 3.81. The predicted molar refractivity (Wildman–Crippen MR) is 217 cm³/mol. The van der Waals surface area contributed by atoms with Gasteiger partial charge in [0.25, 0.3) is 0 Å². The van der Waals surface area contributed by atoms with Crippen molar-refractivity contribution in [2.24, 2.45) is 0 Å². The van der Waals surface area contributed by atoms with Crippen LogP contribution in [0.5, 0.6) is 0 Å². The van der Waals surface area contributed by atoms with E-state index in [1.54, 1.807) is 0 Å². The Morgan fingerprint density at radius 1 is 0.377 bits per heavy atom. The molecule has 0 amide bonds. The van der Waals surface area contributed by atoms with E-state index in [4.69, 9.17) is 15.0 Å². The van der Waals surface area contributed by atoms with Gasteiger partial charge >= 0.3 is 0 Å². The normalized spacial score (nSPS) is 13.2. The minimum Gasteiger partial charge on any atom is -0.278 e. The van der Waals surface area contributed by atoms with Gasteiger partial charge < -0.3 is 0 Å². The van der Waals surface area contributed by atoms with E-state index < -0.39 is 0 Å². The molecule has 53 heavy (non-hydrogen) atoms. The minimum absolute atomic E-state index is 0.0812. The summed E-state index contributed by atoms with van der Waals surface area (Å²) in [5.74, 6) is 1.77. The molecule has 5 heteroatoms. The molecule has 5 nitrogen and oxygen atoms in total. The van der Waals surface area contributed by atoms with Crippen molar-refractivity contribution in [3.63, 3.8) is 0 Å². The zero-order chi connectivity index (χ0) is 35.3. The molecule has 1 aliphatic rings. The van der Waals surface area contributed by atoms with Crippen molar-refractivity contribution in [3.8, 4) is 45.5 Å². The number of rotatable bonds is 4. The lowest BCUT2D eigenvalue weighted by molar-refractivity contribution is 0.660. The number of fused-ring (bicyclic) bond motifs is 9. The third kappa shape index (κ3) is 4.34. The van der Waals surface area contributed by atoms with Gasteiger partial charge in [-0.05, 0) is 69.8 Å². The zero-order valence-corrected chi connectivity index (χ0v) is 29.3. The predicted octanol–water partition coefficient (Wildman–Crippen LogP) is 11.7. The Morgan fingerprint density at radius 3 is 1.40 bits per heavy atom. The summed E-state index contributed by atoms with van der Waals surface area (Å²) in [5, 5.41) is 4.64. The summed E-state index contributed by atoms with van der Waals surface area (Å²) in [5.41, 5.74) is 12.7. The minimum atomic E-state index is -0.0812. The van der Waals surface area contributed by atoms with Crippen molar-refractivity contribution in [1.82, 2.24) is 24.1 Å². The molecule has 0 atom stereocenters. The Hall–Kier alpha value is -6.85. The van der Waals surface area contributed by atoms with Crippen LogP contribution in [0.15, 0.2) is 164 Å². The fraction of sp³-hybridized carbons (Fsp3) is 0.0625. The maximum absolute atomic E-state index is 5.30. The number of aromatic nitrogens is 5. The summed E-state index contributed by atoms with van der Waals surface area (Å²) in [6.45, 7) is 4.66. The molecule has 0 saturated heterocycles. The van der Waals surface area contributed by atoms with Crippen molar-refractivity contribution in [1.29, 1.82) is 0 Å². The summed E-state index contributed by atoms with van der Waals surface area (Å²) in [6.07, 6.45) is 0. The van der Waals surface area contributed by atoms with Gasteiger partial charge in [0.15, 0.2) is 5.82 Å². The number of hydrogen-bond acceptors (Lipinski definition) is 3. The number of hydrogen-bond donors (Lipinski definition) is 0. The first-order chi connectivity index (χ1) is 26.0. The van der Waals surface area contributed by atoms with Crippen LogP contribution >= 0.6 is 0 Å². The van der Waals surface area contributed by atoms with E-state index in [-0.39, 0.29) is 5.41 Å². The second kappa shape index (κ2) is 11.1. The molecular weight excluding hydrogens is 647 g/mol. The molecule has 0 fully saturated rings. The highest BCUT2D eigenvalue weighted by Gasteiger charge is 2.35. The van der Waals surface area contributed by atoms with Crippen LogP contribution in [-0.2, 0) is 5.41 Å². The largest absolute Gasteiger partial charge is 0.278 e. The standard InChI is InChI=1S/C48H33N5/c1-48(2)39-21-8-3-16-33(39)34-27-26-31(29-40(34)48)30-14-13-15-32(28-30)45-49-46(52-41-22-9-4-17-35(41)36-18-5-10-23-42(36)52)51-47(50-45)53-43-24-11-6-19-37(43)38-20-7-12-25-44(38)53/h3-29H,1-2H3. The number of para-hydroxylation sites is 4. The van der Waals surface area contributed by atoms with E-state index in [0.29, 0.717) is 17.7 Å². The van der Waals surface area contributed by atoms with Crippen LogP contribution in [0.25, 0.3) is 89.2 Å². The number of nitrogens with zero attached hydrogens (tertiary/aromatic N) is 5. The van der Waals surface area contributed by atoms with Crippen LogP contribution in [0.3, 0.4) is 0 Å². The Labute approximate surface area is 306 Å². The topological polar surface area (TPSA) is 48.5 Å². The first kappa shape index (κ1) is 29.8. The summed E-state index contributed by atoms with van der Waals surface area (Å²) in [4.78, 5) is 15.9. The third-order valence-corrected chi connectivity index (χ3v) is 11.2. The first-order valence-electron chi connectivity index (χ1n) is 18.1. The van der Waals surface area contributed by atoms with Crippen molar-refractivity contribution in [3.05, 3.63) is 175 Å². The molecule has 0 spiro atoms. The SMILES string of the molecule is CC1(C)c2ccccc2-c2ccc(-c3cccc(-c4nc(-n5c6ccccc6c6ccccc65)nc(-n5c6ccccc6c6ccccc65)n4)c3)cc21. The van der Waals surface area contributed by atoms with Gasteiger partial charge in [-0.2, -0.15) is 15.0 Å². The molecule has 7 aromatic carbocycles. The lowest BCUT2D eigenvalue weighted by Crippen LogP contribution is -2.14. The van der Waals surface area contributed by atoms with Crippen LogP contribution in [0.4, 0.5) is 0 Å². The highest BCUT2D eigenvalue weighted by atomic mass is 15.3. The fourth-order valence-corrected chi connectivity index (χ4v) is 8.68. The summed E-state index contributed by atoms with van der Waals surface area (Å²) in [7, 11) is 0. The van der Waals surface area contributed by atoms with Gasteiger partial charge in [-0.3, -0.25) is 9.13 Å². The monoisotopic (exact) mass is 679 g/mol. The summed E-state index contributed by atoms with van der Waals surface area (Å²) in [6, 6.07) is 58.2. The molecule has 0 N–H and O–H groups in total. The van der Waals surface area contributed by atoms with Crippen LogP contribution < -0.4 is 0 Å². The molecule has 1 aliphatic carbocycles. The van der Waals surface area contributed by atoms with Crippen LogP contribution in [-0.4, -0.2) is 24.1 Å². The molecule has 0 radical (unpaired) electrons. The Bertz CT molecular complexity index is 2870. The van der Waals surface area contributed by atoms with Gasteiger partial charge in [0.2, 0.25) is 11.9 Å². The first-order valence-corrected chi connectivity index (χ1v) is 18.1. The van der Waals surface area contributed by atoms with E-state index in [9.17, 15) is 0 Å².